The van der Waals surface area contributed by atoms with Gasteiger partial charge < -0.3 is 15.0 Å². The number of hydrogen-bond acceptors (Lipinski definition) is 5. The Morgan fingerprint density at radius 1 is 1.29 bits per heavy atom. The van der Waals surface area contributed by atoms with E-state index in [0.29, 0.717) is 42.9 Å². The molecule has 130 valence electrons. The summed E-state index contributed by atoms with van der Waals surface area (Å²) in [5, 5.41) is 3.31. The van der Waals surface area contributed by atoms with E-state index in [1.54, 1.807) is 23.9 Å². The SMILES string of the molecule is O=C(CN1CSC[C@@H]1C(=O)N1CCOCC1)Nc1ccccc1Cl. The number of morpholine rings is 1. The number of anilines is 1. The summed E-state index contributed by atoms with van der Waals surface area (Å²) in [6.45, 7) is 2.59. The molecule has 0 saturated carbocycles. The Hall–Kier alpha value is -1.28. The Kier molecular flexibility index (Phi) is 5.99. The number of ether oxygens (including phenoxy) is 1. The monoisotopic (exact) mass is 369 g/mol. The van der Waals surface area contributed by atoms with Gasteiger partial charge in [-0.2, -0.15) is 0 Å². The van der Waals surface area contributed by atoms with E-state index in [1.807, 2.05) is 21.9 Å². The molecule has 1 N–H and O–H groups in total. The molecule has 2 aliphatic rings. The first-order valence-corrected chi connectivity index (χ1v) is 9.41. The molecule has 2 amide bonds. The number of halogens is 1. The van der Waals surface area contributed by atoms with Crippen LogP contribution in [0.1, 0.15) is 0 Å². The zero-order valence-electron chi connectivity index (χ0n) is 13.2. The van der Waals surface area contributed by atoms with E-state index < -0.39 is 0 Å². The zero-order chi connectivity index (χ0) is 16.9. The maximum absolute atomic E-state index is 12.7. The molecule has 2 fully saturated rings. The molecule has 2 heterocycles. The van der Waals surface area contributed by atoms with Crippen molar-refractivity contribution in [2.24, 2.45) is 0 Å². The second-order valence-corrected chi connectivity index (χ2v) is 7.14. The molecular weight excluding hydrogens is 350 g/mol. The normalized spacial score (nSPS) is 21.7. The zero-order valence-corrected chi connectivity index (χ0v) is 14.8. The molecule has 8 heteroatoms. The Bertz CT molecular complexity index is 610. The van der Waals surface area contributed by atoms with Crippen LogP contribution in [0.4, 0.5) is 5.69 Å². The molecule has 0 aliphatic carbocycles. The average Bonchev–Trinajstić information content (AvgIpc) is 3.05. The lowest BCUT2D eigenvalue weighted by molar-refractivity contribution is -0.140. The number of hydrogen-bond donors (Lipinski definition) is 1. The fourth-order valence-electron chi connectivity index (χ4n) is 2.79. The summed E-state index contributed by atoms with van der Waals surface area (Å²) < 4.78 is 5.29. The maximum atomic E-state index is 12.7. The molecule has 0 radical (unpaired) electrons. The molecule has 2 saturated heterocycles. The lowest BCUT2D eigenvalue weighted by Gasteiger charge is -2.31. The van der Waals surface area contributed by atoms with Crippen LogP contribution in [-0.2, 0) is 14.3 Å². The van der Waals surface area contributed by atoms with Crippen molar-refractivity contribution in [3.63, 3.8) is 0 Å². The third kappa shape index (κ3) is 4.22. The molecule has 0 unspecified atom stereocenters. The van der Waals surface area contributed by atoms with Crippen molar-refractivity contribution in [2.75, 3.05) is 49.8 Å². The van der Waals surface area contributed by atoms with Crippen LogP contribution in [0.15, 0.2) is 24.3 Å². The number of nitrogens with zero attached hydrogens (tertiary/aromatic N) is 2. The highest BCUT2D eigenvalue weighted by Crippen LogP contribution is 2.24. The molecule has 2 aliphatic heterocycles. The third-order valence-electron chi connectivity index (χ3n) is 4.08. The van der Waals surface area contributed by atoms with Gasteiger partial charge in [-0.3, -0.25) is 14.5 Å². The lowest BCUT2D eigenvalue weighted by Crippen LogP contribution is -2.51. The van der Waals surface area contributed by atoms with Crippen LogP contribution in [0.3, 0.4) is 0 Å². The quantitative estimate of drug-likeness (QED) is 0.871. The van der Waals surface area contributed by atoms with E-state index in [0.717, 1.165) is 5.75 Å². The van der Waals surface area contributed by atoms with Crippen molar-refractivity contribution in [1.29, 1.82) is 0 Å². The topological polar surface area (TPSA) is 61.9 Å². The molecule has 1 aromatic carbocycles. The average molecular weight is 370 g/mol. The van der Waals surface area contributed by atoms with Crippen molar-refractivity contribution >= 4 is 40.9 Å². The molecule has 0 bridgehead atoms. The first-order valence-electron chi connectivity index (χ1n) is 7.88. The number of rotatable bonds is 4. The van der Waals surface area contributed by atoms with Gasteiger partial charge >= 0.3 is 0 Å². The first-order chi connectivity index (χ1) is 11.6. The van der Waals surface area contributed by atoms with Gasteiger partial charge in [0.15, 0.2) is 0 Å². The van der Waals surface area contributed by atoms with Gasteiger partial charge in [0.05, 0.1) is 36.5 Å². The van der Waals surface area contributed by atoms with Crippen molar-refractivity contribution in [3.05, 3.63) is 29.3 Å². The summed E-state index contributed by atoms with van der Waals surface area (Å²) in [6, 6.07) is 6.87. The summed E-state index contributed by atoms with van der Waals surface area (Å²) in [5.41, 5.74) is 0.590. The lowest BCUT2D eigenvalue weighted by atomic mass is 10.2. The van der Waals surface area contributed by atoms with Gasteiger partial charge in [-0.1, -0.05) is 23.7 Å². The van der Waals surface area contributed by atoms with Crippen molar-refractivity contribution < 1.29 is 14.3 Å². The van der Waals surface area contributed by atoms with E-state index in [2.05, 4.69) is 5.32 Å². The van der Waals surface area contributed by atoms with Gasteiger partial charge in [-0.15, -0.1) is 11.8 Å². The Morgan fingerprint density at radius 2 is 2.04 bits per heavy atom. The van der Waals surface area contributed by atoms with Crippen LogP contribution >= 0.6 is 23.4 Å². The second-order valence-electron chi connectivity index (χ2n) is 5.73. The van der Waals surface area contributed by atoms with Crippen LogP contribution in [0.2, 0.25) is 5.02 Å². The molecule has 0 aromatic heterocycles. The maximum Gasteiger partial charge on any atom is 0.240 e. The van der Waals surface area contributed by atoms with E-state index in [4.69, 9.17) is 16.3 Å². The van der Waals surface area contributed by atoms with Crippen molar-refractivity contribution in [1.82, 2.24) is 9.80 Å². The molecule has 1 atom stereocenters. The summed E-state index contributed by atoms with van der Waals surface area (Å²) in [6.07, 6.45) is 0. The van der Waals surface area contributed by atoms with Gasteiger partial charge in [-0.25, -0.2) is 0 Å². The smallest absolute Gasteiger partial charge is 0.240 e. The highest BCUT2D eigenvalue weighted by atomic mass is 35.5. The predicted molar refractivity (Wildman–Crippen MR) is 95.3 cm³/mol. The number of thioether (sulfide) groups is 1. The Labute approximate surface area is 150 Å². The number of benzene rings is 1. The summed E-state index contributed by atoms with van der Waals surface area (Å²) in [7, 11) is 0. The summed E-state index contributed by atoms with van der Waals surface area (Å²) in [5.74, 6) is 1.32. The van der Waals surface area contributed by atoms with E-state index >= 15 is 0 Å². The first kappa shape index (κ1) is 17.5. The second kappa shape index (κ2) is 8.20. The number of amides is 2. The van der Waals surface area contributed by atoms with Crippen molar-refractivity contribution in [3.8, 4) is 0 Å². The minimum absolute atomic E-state index is 0.0915. The highest BCUT2D eigenvalue weighted by Gasteiger charge is 2.35. The highest BCUT2D eigenvalue weighted by molar-refractivity contribution is 7.99. The van der Waals surface area contributed by atoms with E-state index in [1.165, 1.54) is 0 Å². The fraction of sp³-hybridized carbons (Fsp3) is 0.500. The van der Waals surface area contributed by atoms with Crippen LogP contribution in [0.25, 0.3) is 0 Å². The van der Waals surface area contributed by atoms with Crippen molar-refractivity contribution in [2.45, 2.75) is 6.04 Å². The number of para-hydroxylation sites is 1. The standard InChI is InChI=1S/C16H20ClN3O3S/c17-12-3-1-2-4-13(12)18-15(21)9-20-11-24-10-14(20)16(22)19-5-7-23-8-6-19/h1-4,14H,5-11H2,(H,18,21)/t14-/m1/s1. The van der Waals surface area contributed by atoms with Crippen LogP contribution in [0, 0.1) is 0 Å². The Morgan fingerprint density at radius 3 is 2.79 bits per heavy atom. The van der Waals surface area contributed by atoms with Gasteiger partial charge in [0.2, 0.25) is 11.8 Å². The van der Waals surface area contributed by atoms with Gasteiger partial charge in [0.25, 0.3) is 0 Å². The number of carbonyl (C=O) groups excluding carboxylic acids is 2. The predicted octanol–water partition coefficient (Wildman–Crippen LogP) is 1.51. The van der Waals surface area contributed by atoms with Crippen LogP contribution in [0.5, 0.6) is 0 Å². The molecule has 6 nitrogen and oxygen atoms in total. The largest absolute Gasteiger partial charge is 0.378 e. The van der Waals surface area contributed by atoms with Gasteiger partial charge in [0.1, 0.15) is 0 Å². The van der Waals surface area contributed by atoms with Gasteiger partial charge in [-0.05, 0) is 12.1 Å². The Balaban J connectivity index is 1.58. The fourth-order valence-corrected chi connectivity index (χ4v) is 4.16. The minimum atomic E-state index is -0.245. The number of nitrogens with one attached hydrogen (secondary N) is 1. The van der Waals surface area contributed by atoms with E-state index in [-0.39, 0.29) is 24.4 Å². The van der Waals surface area contributed by atoms with Crippen LogP contribution in [-0.4, -0.2) is 72.1 Å². The molecule has 1 aromatic rings. The summed E-state index contributed by atoms with van der Waals surface area (Å²) in [4.78, 5) is 28.7. The van der Waals surface area contributed by atoms with Gasteiger partial charge in [0, 0.05) is 24.7 Å². The molecular formula is C16H20ClN3O3S. The molecule has 3 rings (SSSR count). The number of carbonyl (C=O) groups is 2. The minimum Gasteiger partial charge on any atom is -0.378 e. The summed E-state index contributed by atoms with van der Waals surface area (Å²) >= 11 is 7.74. The van der Waals surface area contributed by atoms with Crippen LogP contribution < -0.4 is 5.32 Å². The third-order valence-corrected chi connectivity index (χ3v) is 5.47. The molecule has 24 heavy (non-hydrogen) atoms. The van der Waals surface area contributed by atoms with E-state index in [9.17, 15) is 9.59 Å². The molecule has 0 spiro atoms.